The summed E-state index contributed by atoms with van der Waals surface area (Å²) in [5.41, 5.74) is -1.03. The highest BCUT2D eigenvalue weighted by Gasteiger charge is 2.62. The van der Waals surface area contributed by atoms with E-state index < -0.39 is 23.7 Å². The van der Waals surface area contributed by atoms with Gasteiger partial charge in [-0.25, -0.2) is 0 Å². The van der Waals surface area contributed by atoms with E-state index in [0.29, 0.717) is 19.6 Å². The lowest BCUT2D eigenvalue weighted by atomic mass is 9.91. The minimum Gasteiger partial charge on any atom is -0.356 e. The Morgan fingerprint density at radius 1 is 1.09 bits per heavy atom. The van der Waals surface area contributed by atoms with E-state index in [9.17, 15) is 18.0 Å². The smallest absolute Gasteiger partial charge is 0.356 e. The number of ether oxygens (including phenoxy) is 1. The molecule has 1 saturated heterocycles. The molecule has 174 valence electrons. The molecule has 2 aromatic rings. The second kappa shape index (κ2) is 10.0. The fourth-order valence-electron chi connectivity index (χ4n) is 4.25. The highest BCUT2D eigenvalue weighted by molar-refractivity contribution is 5.88. The van der Waals surface area contributed by atoms with Crippen molar-refractivity contribution in [2.24, 2.45) is 0 Å². The molecule has 1 aliphatic heterocycles. The van der Waals surface area contributed by atoms with Crippen LogP contribution in [0, 0.1) is 6.92 Å². The molecule has 0 radical (unpaired) electrons. The van der Waals surface area contributed by atoms with Crippen LogP contribution in [-0.2, 0) is 21.7 Å². The molecule has 1 fully saturated rings. The SMILES string of the molecule is COC(C(=O)NC1CN(C)CCN(Cc2cccc(C)c2)C1)(c1ccccc1)C(F)(F)F. The molecule has 32 heavy (non-hydrogen) atoms. The summed E-state index contributed by atoms with van der Waals surface area (Å²) in [7, 11) is 2.82. The summed E-state index contributed by atoms with van der Waals surface area (Å²) in [6.45, 7) is 5.08. The molecule has 1 N–H and O–H groups in total. The zero-order chi connectivity index (χ0) is 23.4. The van der Waals surface area contributed by atoms with E-state index in [-0.39, 0.29) is 5.56 Å². The quantitative estimate of drug-likeness (QED) is 0.735. The third kappa shape index (κ3) is 5.31. The largest absolute Gasteiger partial charge is 0.430 e. The maximum absolute atomic E-state index is 14.2. The van der Waals surface area contributed by atoms with E-state index in [1.54, 1.807) is 6.07 Å². The fourth-order valence-corrected chi connectivity index (χ4v) is 4.25. The fraction of sp³-hybridized carbons (Fsp3) is 0.458. The molecule has 1 amide bonds. The van der Waals surface area contributed by atoms with E-state index >= 15 is 0 Å². The molecule has 1 aliphatic rings. The molecule has 2 unspecified atom stereocenters. The molecule has 5 nitrogen and oxygen atoms in total. The van der Waals surface area contributed by atoms with Gasteiger partial charge in [-0.15, -0.1) is 0 Å². The Kier molecular flexibility index (Phi) is 7.59. The third-order valence-corrected chi connectivity index (χ3v) is 5.84. The van der Waals surface area contributed by atoms with Crippen molar-refractivity contribution < 1.29 is 22.7 Å². The van der Waals surface area contributed by atoms with Crippen LogP contribution in [0.15, 0.2) is 54.6 Å². The number of benzene rings is 2. The lowest BCUT2D eigenvalue weighted by Gasteiger charge is -2.35. The van der Waals surface area contributed by atoms with Crippen molar-refractivity contribution in [1.82, 2.24) is 15.1 Å². The van der Waals surface area contributed by atoms with Crippen LogP contribution in [0.3, 0.4) is 0 Å². The van der Waals surface area contributed by atoms with Gasteiger partial charge in [-0.1, -0.05) is 60.2 Å². The van der Waals surface area contributed by atoms with Crippen LogP contribution in [0.25, 0.3) is 0 Å². The van der Waals surface area contributed by atoms with Gasteiger partial charge < -0.3 is 15.0 Å². The zero-order valence-corrected chi connectivity index (χ0v) is 18.7. The Morgan fingerprint density at radius 3 is 2.44 bits per heavy atom. The van der Waals surface area contributed by atoms with Crippen molar-refractivity contribution in [3.05, 3.63) is 71.3 Å². The second-order valence-electron chi connectivity index (χ2n) is 8.41. The van der Waals surface area contributed by atoms with E-state index in [2.05, 4.69) is 16.3 Å². The molecule has 0 saturated carbocycles. The number of hydrogen-bond donors (Lipinski definition) is 1. The molecular formula is C24H30F3N3O2. The van der Waals surface area contributed by atoms with Crippen molar-refractivity contribution in [2.45, 2.75) is 31.3 Å². The Labute approximate surface area is 187 Å². The molecule has 8 heteroatoms. The monoisotopic (exact) mass is 449 g/mol. The number of alkyl halides is 3. The van der Waals surface area contributed by atoms with Crippen LogP contribution in [0.5, 0.6) is 0 Å². The van der Waals surface area contributed by atoms with Gasteiger partial charge in [0.2, 0.25) is 0 Å². The zero-order valence-electron chi connectivity index (χ0n) is 18.7. The van der Waals surface area contributed by atoms with Crippen molar-refractivity contribution in [2.75, 3.05) is 40.3 Å². The summed E-state index contributed by atoms with van der Waals surface area (Å²) >= 11 is 0. The Bertz CT molecular complexity index is 907. The van der Waals surface area contributed by atoms with Gasteiger partial charge in [0.25, 0.3) is 11.5 Å². The second-order valence-corrected chi connectivity index (χ2v) is 8.41. The molecule has 2 aromatic carbocycles. The summed E-state index contributed by atoms with van der Waals surface area (Å²) in [6, 6.07) is 14.7. The summed E-state index contributed by atoms with van der Waals surface area (Å²) in [6.07, 6.45) is -4.93. The van der Waals surface area contributed by atoms with Gasteiger partial charge >= 0.3 is 6.18 Å². The first kappa shape index (κ1) is 24.2. The van der Waals surface area contributed by atoms with E-state index in [1.807, 2.05) is 37.1 Å². The summed E-state index contributed by atoms with van der Waals surface area (Å²) < 4.78 is 47.6. The van der Waals surface area contributed by atoms with Gasteiger partial charge in [-0.2, -0.15) is 13.2 Å². The topological polar surface area (TPSA) is 44.8 Å². The predicted octanol–water partition coefficient (Wildman–Crippen LogP) is 3.33. The highest BCUT2D eigenvalue weighted by Crippen LogP contribution is 2.42. The van der Waals surface area contributed by atoms with Gasteiger partial charge in [-0.3, -0.25) is 9.69 Å². The number of amides is 1. The molecule has 2 atom stereocenters. The lowest BCUT2D eigenvalue weighted by Crippen LogP contribution is -2.59. The van der Waals surface area contributed by atoms with Crippen LogP contribution in [-0.4, -0.2) is 68.3 Å². The molecular weight excluding hydrogens is 419 g/mol. The molecule has 0 aliphatic carbocycles. The standard InChI is InChI=1S/C24H30F3N3O2/c1-18-8-7-9-19(14-18)15-30-13-12-29(2)16-21(17-30)28-22(31)23(32-3,24(25,26)27)20-10-5-4-6-11-20/h4-11,14,21H,12-13,15-17H2,1-3H3,(H,28,31). The number of hydrogen-bond acceptors (Lipinski definition) is 4. The van der Waals surface area contributed by atoms with E-state index in [1.165, 1.54) is 24.3 Å². The highest BCUT2D eigenvalue weighted by atomic mass is 19.4. The Hall–Kier alpha value is -2.42. The first-order valence-corrected chi connectivity index (χ1v) is 10.6. The Balaban J connectivity index is 1.82. The third-order valence-electron chi connectivity index (χ3n) is 5.84. The van der Waals surface area contributed by atoms with Gasteiger partial charge in [-0.05, 0) is 19.5 Å². The first-order valence-electron chi connectivity index (χ1n) is 10.6. The maximum atomic E-state index is 14.2. The molecule has 0 aromatic heterocycles. The van der Waals surface area contributed by atoms with Crippen LogP contribution < -0.4 is 5.32 Å². The van der Waals surface area contributed by atoms with Crippen LogP contribution in [0.2, 0.25) is 0 Å². The van der Waals surface area contributed by atoms with Crippen molar-refractivity contribution in [1.29, 1.82) is 0 Å². The Morgan fingerprint density at radius 2 is 1.81 bits per heavy atom. The molecule has 0 spiro atoms. The first-order chi connectivity index (χ1) is 15.2. The normalized spacial score (nSPS) is 20.4. The number of likely N-dealkylation sites (N-methyl/N-ethyl adjacent to an activating group) is 1. The van der Waals surface area contributed by atoms with Crippen molar-refractivity contribution in [3.63, 3.8) is 0 Å². The summed E-state index contributed by atoms with van der Waals surface area (Å²) in [4.78, 5) is 17.3. The maximum Gasteiger partial charge on any atom is 0.430 e. The number of carbonyl (C=O) groups is 1. The number of methoxy groups -OCH3 is 1. The number of halogens is 3. The average Bonchev–Trinajstić information content (AvgIpc) is 2.89. The van der Waals surface area contributed by atoms with Gasteiger partial charge in [0.15, 0.2) is 0 Å². The minimum absolute atomic E-state index is 0.244. The average molecular weight is 450 g/mol. The lowest BCUT2D eigenvalue weighted by molar-refractivity contribution is -0.266. The van der Waals surface area contributed by atoms with Gasteiger partial charge in [0, 0.05) is 45.4 Å². The number of aryl methyl sites for hydroxylation is 1. The van der Waals surface area contributed by atoms with Gasteiger partial charge in [0.05, 0.1) is 6.04 Å². The predicted molar refractivity (Wildman–Crippen MR) is 117 cm³/mol. The molecule has 1 heterocycles. The van der Waals surface area contributed by atoms with E-state index in [4.69, 9.17) is 4.74 Å². The molecule has 3 rings (SSSR count). The summed E-state index contributed by atoms with van der Waals surface area (Å²) in [5.74, 6) is -1.20. The van der Waals surface area contributed by atoms with Crippen LogP contribution in [0.1, 0.15) is 16.7 Å². The summed E-state index contributed by atoms with van der Waals surface area (Å²) in [5, 5.41) is 2.65. The number of nitrogens with one attached hydrogen (secondary N) is 1. The number of nitrogens with zero attached hydrogens (tertiary/aromatic N) is 2. The van der Waals surface area contributed by atoms with Crippen LogP contribution in [0.4, 0.5) is 13.2 Å². The van der Waals surface area contributed by atoms with Crippen LogP contribution >= 0.6 is 0 Å². The van der Waals surface area contributed by atoms with Crippen molar-refractivity contribution >= 4 is 5.91 Å². The van der Waals surface area contributed by atoms with Gasteiger partial charge in [0.1, 0.15) is 0 Å². The number of rotatable bonds is 6. The number of carbonyl (C=O) groups excluding carboxylic acids is 1. The van der Waals surface area contributed by atoms with E-state index in [0.717, 1.165) is 31.3 Å². The molecule has 0 bridgehead atoms. The minimum atomic E-state index is -4.93. The van der Waals surface area contributed by atoms with Crippen molar-refractivity contribution in [3.8, 4) is 0 Å².